The van der Waals surface area contributed by atoms with Crippen molar-refractivity contribution in [2.45, 2.75) is 26.8 Å². The van der Waals surface area contributed by atoms with Gasteiger partial charge in [0.05, 0.1) is 18.8 Å². The van der Waals surface area contributed by atoms with Crippen LogP contribution in [0.4, 0.5) is 0 Å². The first kappa shape index (κ1) is 27.5. The Labute approximate surface area is 225 Å². The van der Waals surface area contributed by atoms with Crippen LogP contribution in [0.15, 0.2) is 69.9 Å². The van der Waals surface area contributed by atoms with Crippen LogP contribution in [-0.4, -0.2) is 52.5 Å². The number of ether oxygens (including phenoxy) is 2. The van der Waals surface area contributed by atoms with Gasteiger partial charge >= 0.3 is 5.97 Å². The zero-order valence-corrected chi connectivity index (χ0v) is 21.8. The molecular weight excluding hydrogens is 502 g/mol. The Morgan fingerprint density at radius 2 is 1.59 bits per heavy atom. The summed E-state index contributed by atoms with van der Waals surface area (Å²) in [5.41, 5.74) is 1.61. The summed E-state index contributed by atoms with van der Waals surface area (Å²) in [4.78, 5) is 27.1. The van der Waals surface area contributed by atoms with Gasteiger partial charge in [-0.2, -0.15) is 0 Å². The van der Waals surface area contributed by atoms with E-state index in [0.29, 0.717) is 29.9 Å². The molecule has 39 heavy (non-hydrogen) atoms. The van der Waals surface area contributed by atoms with Crippen molar-refractivity contribution >= 4 is 16.9 Å². The molecule has 1 heterocycles. The Morgan fingerprint density at radius 1 is 0.897 bits per heavy atom. The lowest BCUT2D eigenvalue weighted by molar-refractivity contribution is 0.0486. The first-order chi connectivity index (χ1) is 18.8. The Kier molecular flexibility index (Phi) is 8.73. The highest BCUT2D eigenvalue weighted by atomic mass is 16.5. The van der Waals surface area contributed by atoms with Gasteiger partial charge in [0, 0.05) is 30.7 Å². The van der Waals surface area contributed by atoms with Gasteiger partial charge in [-0.1, -0.05) is 26.0 Å². The average Bonchev–Trinajstić information content (AvgIpc) is 2.94. The number of carbonyl (C=O) groups excluding carboxylic acids is 1. The molecule has 0 saturated carbocycles. The van der Waals surface area contributed by atoms with Crippen LogP contribution >= 0.6 is 0 Å². The Hall–Kier alpha value is -4.50. The highest BCUT2D eigenvalue weighted by molar-refractivity contribution is 5.90. The third-order valence-corrected chi connectivity index (χ3v) is 6.37. The van der Waals surface area contributed by atoms with Crippen molar-refractivity contribution in [2.24, 2.45) is 0 Å². The van der Waals surface area contributed by atoms with E-state index >= 15 is 0 Å². The number of phenols is 3. The molecule has 0 aliphatic rings. The maximum absolute atomic E-state index is 12.5. The number of nitrogens with zero attached hydrogens (tertiary/aromatic N) is 1. The summed E-state index contributed by atoms with van der Waals surface area (Å²) in [6.45, 7) is 7.59. The number of phenolic OH excluding ortho intramolecular Hbond substituents is 3. The standard InChI is InChI=1S/C30H31NO8/c1-3-31(4-2)18-19-6-8-21(9-7-19)30(36)38-15-5-14-37-22-12-10-20(11-13-22)25-16-23(32)27-26(39-25)17-24(33)28(34)29(27)35/h6-13,16-17,33-35H,3-5,14-15,18H2,1-2H3. The minimum Gasteiger partial charge on any atom is -0.504 e. The maximum Gasteiger partial charge on any atom is 0.338 e. The number of hydrogen-bond acceptors (Lipinski definition) is 9. The molecule has 3 N–H and O–H groups in total. The van der Waals surface area contributed by atoms with E-state index in [9.17, 15) is 24.9 Å². The van der Waals surface area contributed by atoms with Crippen LogP contribution in [0.1, 0.15) is 36.2 Å². The Morgan fingerprint density at radius 3 is 2.26 bits per heavy atom. The summed E-state index contributed by atoms with van der Waals surface area (Å²) in [6, 6.07) is 16.5. The average molecular weight is 534 g/mol. The molecule has 0 radical (unpaired) electrons. The Bertz CT molecular complexity index is 1490. The first-order valence-corrected chi connectivity index (χ1v) is 12.7. The number of benzene rings is 3. The number of aromatic hydroxyl groups is 3. The number of rotatable bonds is 11. The van der Waals surface area contributed by atoms with Crippen LogP contribution in [0.2, 0.25) is 0 Å². The number of carbonyl (C=O) groups is 1. The lowest BCUT2D eigenvalue weighted by Gasteiger charge is -2.17. The molecule has 0 amide bonds. The molecule has 0 fully saturated rings. The second kappa shape index (κ2) is 12.4. The molecule has 4 rings (SSSR count). The van der Waals surface area contributed by atoms with Crippen LogP contribution in [0.5, 0.6) is 23.0 Å². The summed E-state index contributed by atoms with van der Waals surface area (Å²) in [5, 5.41) is 29.1. The molecule has 0 aliphatic carbocycles. The van der Waals surface area contributed by atoms with Crippen LogP contribution < -0.4 is 10.2 Å². The van der Waals surface area contributed by atoms with Crippen molar-refractivity contribution in [3.05, 3.63) is 82.0 Å². The first-order valence-electron chi connectivity index (χ1n) is 12.7. The summed E-state index contributed by atoms with van der Waals surface area (Å²) in [7, 11) is 0. The van der Waals surface area contributed by atoms with Crippen LogP contribution in [0, 0.1) is 0 Å². The van der Waals surface area contributed by atoms with E-state index in [2.05, 4.69) is 18.7 Å². The molecule has 3 aromatic carbocycles. The van der Waals surface area contributed by atoms with Crippen LogP contribution in [-0.2, 0) is 11.3 Å². The van der Waals surface area contributed by atoms with E-state index < -0.39 is 22.7 Å². The number of hydrogen-bond donors (Lipinski definition) is 3. The zero-order valence-electron chi connectivity index (χ0n) is 21.8. The lowest BCUT2D eigenvalue weighted by Crippen LogP contribution is -2.22. The van der Waals surface area contributed by atoms with Crippen molar-refractivity contribution in [1.82, 2.24) is 4.90 Å². The minimum absolute atomic E-state index is 0.0595. The fourth-order valence-corrected chi connectivity index (χ4v) is 4.09. The van der Waals surface area contributed by atoms with Crippen LogP contribution in [0.3, 0.4) is 0 Å². The molecule has 9 heteroatoms. The normalized spacial score (nSPS) is 11.2. The minimum atomic E-state index is -0.779. The van der Waals surface area contributed by atoms with Gasteiger partial charge in [-0.25, -0.2) is 4.79 Å². The van der Waals surface area contributed by atoms with E-state index in [0.717, 1.165) is 31.3 Å². The highest BCUT2D eigenvalue weighted by Crippen LogP contribution is 2.40. The monoisotopic (exact) mass is 533 g/mol. The molecule has 9 nitrogen and oxygen atoms in total. The van der Waals surface area contributed by atoms with Gasteiger partial charge in [0.1, 0.15) is 22.5 Å². The molecule has 0 aliphatic heterocycles. The van der Waals surface area contributed by atoms with Crippen molar-refractivity contribution < 1.29 is 34.0 Å². The van der Waals surface area contributed by atoms with Gasteiger partial charge in [0.15, 0.2) is 16.9 Å². The Balaban J connectivity index is 1.27. The van der Waals surface area contributed by atoms with Gasteiger partial charge in [-0.3, -0.25) is 9.69 Å². The molecule has 204 valence electrons. The van der Waals surface area contributed by atoms with E-state index in [-0.39, 0.29) is 29.3 Å². The topological polar surface area (TPSA) is 130 Å². The highest BCUT2D eigenvalue weighted by Gasteiger charge is 2.17. The predicted octanol–water partition coefficient (Wildman–Crippen LogP) is 5.04. The fourth-order valence-electron chi connectivity index (χ4n) is 4.09. The van der Waals surface area contributed by atoms with Crippen molar-refractivity contribution in [1.29, 1.82) is 0 Å². The predicted molar refractivity (Wildman–Crippen MR) is 146 cm³/mol. The quantitative estimate of drug-likeness (QED) is 0.138. The summed E-state index contributed by atoms with van der Waals surface area (Å²) < 4.78 is 16.7. The number of fused-ring (bicyclic) bond motifs is 1. The van der Waals surface area contributed by atoms with Crippen molar-refractivity contribution in [3.63, 3.8) is 0 Å². The van der Waals surface area contributed by atoms with Crippen LogP contribution in [0.25, 0.3) is 22.3 Å². The second-order valence-corrected chi connectivity index (χ2v) is 8.96. The van der Waals surface area contributed by atoms with E-state index in [1.54, 1.807) is 36.4 Å². The second-order valence-electron chi connectivity index (χ2n) is 8.96. The fraction of sp³-hybridized carbons (Fsp3) is 0.267. The lowest BCUT2D eigenvalue weighted by atomic mass is 10.1. The molecule has 0 spiro atoms. The number of esters is 1. The molecule has 0 bridgehead atoms. The van der Waals surface area contributed by atoms with Gasteiger partial charge in [0.25, 0.3) is 0 Å². The van der Waals surface area contributed by atoms with Gasteiger partial charge in [-0.05, 0) is 55.1 Å². The largest absolute Gasteiger partial charge is 0.504 e. The van der Waals surface area contributed by atoms with E-state index in [1.165, 1.54) is 6.07 Å². The maximum atomic E-state index is 12.5. The molecule has 0 unspecified atom stereocenters. The zero-order chi connectivity index (χ0) is 27.9. The van der Waals surface area contributed by atoms with E-state index in [4.69, 9.17) is 13.9 Å². The van der Waals surface area contributed by atoms with Gasteiger partial charge < -0.3 is 29.2 Å². The third-order valence-electron chi connectivity index (χ3n) is 6.37. The summed E-state index contributed by atoms with van der Waals surface area (Å²) in [6.07, 6.45) is 0.507. The van der Waals surface area contributed by atoms with Gasteiger partial charge in [-0.15, -0.1) is 0 Å². The molecule has 1 aromatic heterocycles. The smallest absolute Gasteiger partial charge is 0.338 e. The third kappa shape index (κ3) is 6.50. The molecule has 0 saturated heterocycles. The van der Waals surface area contributed by atoms with Crippen molar-refractivity contribution in [3.8, 4) is 34.3 Å². The SMILES string of the molecule is CCN(CC)Cc1ccc(C(=O)OCCCOc2ccc(-c3cc(=O)c4c(O)c(O)c(O)cc4o3)cc2)cc1. The van der Waals surface area contributed by atoms with E-state index in [1.807, 2.05) is 12.1 Å². The summed E-state index contributed by atoms with van der Waals surface area (Å²) >= 11 is 0. The molecule has 4 aromatic rings. The molecular formula is C30H31NO8. The summed E-state index contributed by atoms with van der Waals surface area (Å²) in [5.74, 6) is -1.68. The molecule has 0 atom stereocenters. The van der Waals surface area contributed by atoms with Gasteiger partial charge in [0.2, 0.25) is 5.75 Å². The van der Waals surface area contributed by atoms with Crippen molar-refractivity contribution in [2.75, 3.05) is 26.3 Å².